The third-order valence-corrected chi connectivity index (χ3v) is 4.97. The van der Waals surface area contributed by atoms with E-state index in [0.717, 1.165) is 11.3 Å². The van der Waals surface area contributed by atoms with Crippen molar-refractivity contribution in [1.29, 1.82) is 0 Å². The van der Waals surface area contributed by atoms with Crippen LogP contribution in [0.3, 0.4) is 0 Å². The summed E-state index contributed by atoms with van der Waals surface area (Å²) in [5.74, 6) is 0.983. The molecule has 3 amide bonds. The summed E-state index contributed by atoms with van der Waals surface area (Å²) in [5.41, 5.74) is 0.981. The smallest absolute Gasteiger partial charge is 0.325 e. The van der Waals surface area contributed by atoms with Gasteiger partial charge >= 0.3 is 6.03 Å². The molecule has 0 radical (unpaired) electrons. The fourth-order valence-corrected chi connectivity index (χ4v) is 3.23. The molecule has 3 rings (SSSR count). The summed E-state index contributed by atoms with van der Waals surface area (Å²) in [4.78, 5) is 26.6. The first-order valence-corrected chi connectivity index (χ1v) is 9.34. The Balaban J connectivity index is 1.61. The number of hydrogen-bond acceptors (Lipinski definition) is 3. The van der Waals surface area contributed by atoms with E-state index in [1.54, 1.807) is 6.92 Å². The minimum atomic E-state index is -1.02. The molecule has 1 aliphatic rings. The number of amides is 3. The first kappa shape index (κ1) is 19.0. The van der Waals surface area contributed by atoms with E-state index >= 15 is 0 Å². The minimum absolute atomic E-state index is 0.218. The molecule has 0 aliphatic carbocycles. The van der Waals surface area contributed by atoms with Gasteiger partial charge in [-0.15, -0.1) is 0 Å². The van der Waals surface area contributed by atoms with E-state index in [1.165, 1.54) is 10.5 Å². The van der Waals surface area contributed by atoms with Crippen LogP contribution in [0.25, 0.3) is 0 Å². The highest BCUT2D eigenvalue weighted by Crippen LogP contribution is 2.30. The minimum Gasteiger partial charge on any atom is -0.494 e. The maximum atomic E-state index is 12.9. The van der Waals surface area contributed by atoms with Gasteiger partial charge in [-0.2, -0.15) is 0 Å². The van der Waals surface area contributed by atoms with Gasteiger partial charge in [-0.3, -0.25) is 9.69 Å². The Kier molecular flexibility index (Phi) is 5.49. The van der Waals surface area contributed by atoms with Crippen LogP contribution in [-0.4, -0.2) is 30.0 Å². The zero-order chi connectivity index (χ0) is 19.4. The fraction of sp³-hybridized carbons (Fsp3) is 0.364. The Hall–Kier alpha value is -2.82. The van der Waals surface area contributed by atoms with Crippen LogP contribution in [0.4, 0.5) is 4.79 Å². The number of carbonyl (C=O) groups is 2. The van der Waals surface area contributed by atoms with Gasteiger partial charge in [-0.05, 0) is 42.5 Å². The molecule has 27 heavy (non-hydrogen) atoms. The van der Waals surface area contributed by atoms with E-state index in [0.29, 0.717) is 25.5 Å². The molecular weight excluding hydrogens is 340 g/mol. The number of rotatable bonds is 7. The average molecular weight is 366 g/mol. The molecule has 5 heteroatoms. The predicted molar refractivity (Wildman–Crippen MR) is 105 cm³/mol. The molecule has 0 spiro atoms. The third-order valence-electron chi connectivity index (χ3n) is 4.97. The predicted octanol–water partition coefficient (Wildman–Crippen LogP) is 4.05. The molecule has 1 unspecified atom stereocenters. The zero-order valence-corrected chi connectivity index (χ0v) is 16.1. The van der Waals surface area contributed by atoms with Crippen molar-refractivity contribution in [3.8, 4) is 5.75 Å². The molecule has 2 aromatic rings. The highest BCUT2D eigenvalue weighted by Gasteiger charge is 2.48. The lowest BCUT2D eigenvalue weighted by atomic mass is 9.90. The van der Waals surface area contributed by atoms with Crippen LogP contribution in [-0.2, 0) is 10.3 Å². The molecule has 0 saturated carbocycles. The monoisotopic (exact) mass is 366 g/mol. The van der Waals surface area contributed by atoms with E-state index in [4.69, 9.17) is 4.74 Å². The van der Waals surface area contributed by atoms with E-state index in [-0.39, 0.29) is 11.9 Å². The summed E-state index contributed by atoms with van der Waals surface area (Å²) in [6.07, 6.45) is 0.580. The van der Waals surface area contributed by atoms with E-state index in [2.05, 4.69) is 19.2 Å². The number of nitrogens with one attached hydrogen (secondary N) is 1. The molecular formula is C22H26N2O3. The number of nitrogens with zero attached hydrogens (tertiary/aromatic N) is 1. The largest absolute Gasteiger partial charge is 0.494 e. The van der Waals surface area contributed by atoms with Crippen molar-refractivity contribution in [2.75, 3.05) is 13.2 Å². The van der Waals surface area contributed by atoms with Crippen LogP contribution in [0.5, 0.6) is 5.75 Å². The molecule has 1 atom stereocenters. The highest BCUT2D eigenvalue weighted by atomic mass is 16.5. The molecule has 0 aromatic heterocycles. The Labute approximate surface area is 160 Å². The molecule has 1 saturated heterocycles. The fourth-order valence-electron chi connectivity index (χ4n) is 3.23. The summed E-state index contributed by atoms with van der Waals surface area (Å²) >= 11 is 0. The zero-order valence-electron chi connectivity index (χ0n) is 16.1. The van der Waals surface area contributed by atoms with Gasteiger partial charge in [0, 0.05) is 6.54 Å². The number of urea groups is 1. The summed E-state index contributed by atoms with van der Waals surface area (Å²) < 4.78 is 5.64. The lowest BCUT2D eigenvalue weighted by Crippen LogP contribution is -2.41. The van der Waals surface area contributed by atoms with Gasteiger partial charge in [0.15, 0.2) is 0 Å². The first-order valence-electron chi connectivity index (χ1n) is 9.34. The lowest BCUT2D eigenvalue weighted by molar-refractivity contribution is -0.131. The molecule has 1 N–H and O–H groups in total. The maximum Gasteiger partial charge on any atom is 0.325 e. The standard InChI is InChI=1S/C22H26N2O3/c1-16(2)17-10-12-18(13-11-17)22(3)20(25)24(21(26)23-22)14-7-15-27-19-8-5-4-6-9-19/h4-6,8-13,16H,7,14-15H2,1-3H3,(H,23,26). The number of hydrogen-bond donors (Lipinski definition) is 1. The van der Waals surface area contributed by atoms with Gasteiger partial charge in [0.05, 0.1) is 6.61 Å². The van der Waals surface area contributed by atoms with Crippen molar-refractivity contribution < 1.29 is 14.3 Å². The second kappa shape index (κ2) is 7.82. The van der Waals surface area contributed by atoms with Crippen LogP contribution < -0.4 is 10.1 Å². The first-order chi connectivity index (χ1) is 12.9. The van der Waals surface area contributed by atoms with Crippen molar-refractivity contribution in [3.63, 3.8) is 0 Å². The molecule has 5 nitrogen and oxygen atoms in total. The maximum absolute atomic E-state index is 12.9. The molecule has 1 heterocycles. The lowest BCUT2D eigenvalue weighted by Gasteiger charge is -2.23. The van der Waals surface area contributed by atoms with Gasteiger partial charge in [0.1, 0.15) is 11.3 Å². The Morgan fingerprint density at radius 1 is 1.04 bits per heavy atom. The van der Waals surface area contributed by atoms with Crippen LogP contribution in [0, 0.1) is 0 Å². The number of carbonyl (C=O) groups excluding carboxylic acids is 2. The SMILES string of the molecule is CC(C)c1ccc(C2(C)NC(=O)N(CCCOc3ccccc3)C2=O)cc1. The van der Waals surface area contributed by atoms with Gasteiger partial charge in [0.25, 0.3) is 5.91 Å². The average Bonchev–Trinajstić information content (AvgIpc) is 2.89. The Morgan fingerprint density at radius 2 is 1.70 bits per heavy atom. The number of benzene rings is 2. The van der Waals surface area contributed by atoms with Crippen LogP contribution in [0.2, 0.25) is 0 Å². The summed E-state index contributed by atoms with van der Waals surface area (Å²) in [6, 6.07) is 17.0. The molecule has 142 valence electrons. The second-order valence-corrected chi connectivity index (χ2v) is 7.30. The topological polar surface area (TPSA) is 58.6 Å². The van der Waals surface area contributed by atoms with Crippen molar-refractivity contribution >= 4 is 11.9 Å². The van der Waals surface area contributed by atoms with Gasteiger partial charge in [-0.25, -0.2) is 4.79 Å². The highest BCUT2D eigenvalue weighted by molar-refractivity contribution is 6.07. The molecule has 0 bridgehead atoms. The summed E-state index contributed by atoms with van der Waals surface area (Å²) in [7, 11) is 0. The number of imide groups is 1. The number of ether oxygens (including phenoxy) is 1. The Morgan fingerprint density at radius 3 is 2.33 bits per heavy atom. The van der Waals surface area contributed by atoms with E-state index < -0.39 is 5.54 Å². The van der Waals surface area contributed by atoms with Crippen molar-refractivity contribution in [2.24, 2.45) is 0 Å². The summed E-state index contributed by atoms with van der Waals surface area (Å²) in [6.45, 7) is 6.78. The van der Waals surface area contributed by atoms with Crippen molar-refractivity contribution in [2.45, 2.75) is 38.6 Å². The van der Waals surface area contributed by atoms with Crippen LogP contribution in [0.1, 0.15) is 44.2 Å². The van der Waals surface area contributed by atoms with Crippen LogP contribution in [0.15, 0.2) is 54.6 Å². The van der Waals surface area contributed by atoms with Gasteiger partial charge < -0.3 is 10.1 Å². The Bertz CT molecular complexity index is 802. The second-order valence-electron chi connectivity index (χ2n) is 7.30. The van der Waals surface area contributed by atoms with E-state index in [9.17, 15) is 9.59 Å². The van der Waals surface area contributed by atoms with Gasteiger partial charge in [-0.1, -0.05) is 56.3 Å². The number of para-hydroxylation sites is 1. The van der Waals surface area contributed by atoms with Crippen molar-refractivity contribution in [1.82, 2.24) is 10.2 Å². The third kappa shape index (κ3) is 3.97. The molecule has 1 fully saturated rings. The normalized spacial score (nSPS) is 19.5. The quantitative estimate of drug-likeness (QED) is 0.594. The van der Waals surface area contributed by atoms with Crippen LogP contribution >= 0.6 is 0 Å². The van der Waals surface area contributed by atoms with E-state index in [1.807, 2.05) is 54.6 Å². The van der Waals surface area contributed by atoms with Gasteiger partial charge in [0.2, 0.25) is 0 Å². The molecule has 1 aliphatic heterocycles. The molecule has 2 aromatic carbocycles. The van der Waals surface area contributed by atoms with Crippen molar-refractivity contribution in [3.05, 3.63) is 65.7 Å². The summed E-state index contributed by atoms with van der Waals surface area (Å²) in [5, 5.41) is 2.85.